The first-order valence-electron chi connectivity index (χ1n) is 14.8. The van der Waals surface area contributed by atoms with Gasteiger partial charge < -0.3 is 18.9 Å². The van der Waals surface area contributed by atoms with E-state index >= 15 is 0 Å². The maximum Gasteiger partial charge on any atom is 0.191 e. The molecule has 5 nitrogen and oxygen atoms in total. The van der Waals surface area contributed by atoms with E-state index in [1.54, 1.807) is 25.3 Å². The Balaban J connectivity index is 0.00000800. The SMILES string of the molecule is CCCCCCOc1cc(OCCCCCC)c(PC(=O)c2c(Cl)cccc2OC)c(OCCCCCC)c1.[Li]. The van der Waals surface area contributed by atoms with Gasteiger partial charge in [0, 0.05) is 31.0 Å². The molecule has 2 aromatic rings. The summed E-state index contributed by atoms with van der Waals surface area (Å²) >= 11 is 6.45. The molecule has 0 N–H and O–H groups in total. The number of unbranched alkanes of at least 4 members (excludes halogenated alkanes) is 9. The van der Waals surface area contributed by atoms with Crippen LogP contribution in [0, 0.1) is 0 Å². The van der Waals surface area contributed by atoms with Crippen molar-refractivity contribution in [3.05, 3.63) is 40.9 Å². The van der Waals surface area contributed by atoms with Crippen LogP contribution in [0.5, 0.6) is 23.0 Å². The molecule has 0 aliphatic rings. The first-order valence-corrected chi connectivity index (χ1v) is 16.1. The Hall–Kier alpha value is -1.37. The van der Waals surface area contributed by atoms with Gasteiger partial charge in [0.2, 0.25) is 0 Å². The molecule has 0 bridgehead atoms. The van der Waals surface area contributed by atoms with Gasteiger partial charge in [-0.3, -0.25) is 4.79 Å². The second kappa shape index (κ2) is 22.3. The van der Waals surface area contributed by atoms with Crippen LogP contribution in [0.4, 0.5) is 0 Å². The number of hydrogen-bond acceptors (Lipinski definition) is 5. The molecule has 2 aromatic carbocycles. The third kappa shape index (κ3) is 13.1. The fourth-order valence-electron chi connectivity index (χ4n) is 4.21. The molecule has 0 spiro atoms. The summed E-state index contributed by atoms with van der Waals surface area (Å²) in [4.78, 5) is 13.6. The van der Waals surface area contributed by atoms with Crippen LogP contribution < -0.4 is 24.3 Å². The predicted octanol–water partition coefficient (Wildman–Crippen LogP) is 8.99. The zero-order chi connectivity index (χ0) is 28.3. The van der Waals surface area contributed by atoms with Crippen LogP contribution in [0.1, 0.15) is 108 Å². The molecule has 1 unspecified atom stereocenters. The van der Waals surface area contributed by atoms with Crippen LogP contribution >= 0.6 is 20.2 Å². The molecular weight excluding hydrogens is 538 g/mol. The quantitative estimate of drug-likeness (QED) is 0.0784. The summed E-state index contributed by atoms with van der Waals surface area (Å²) in [6, 6.07) is 9.10. The number of ether oxygens (including phenoxy) is 4. The van der Waals surface area contributed by atoms with Crippen LogP contribution in [-0.2, 0) is 0 Å². The van der Waals surface area contributed by atoms with E-state index in [1.807, 2.05) is 12.1 Å². The predicted molar refractivity (Wildman–Crippen MR) is 171 cm³/mol. The average molecular weight is 586 g/mol. The second-order valence-electron chi connectivity index (χ2n) is 9.79. The standard InChI is InChI=1S/C32H48ClO5P.Li/c1-5-8-11-14-20-36-25-23-28(37-21-15-12-9-6-2)31(29(24-25)38-22-16-13-10-7-3)39-32(34)30-26(33)18-17-19-27(30)35-4;/h17-19,23-24,39H,5-16,20-22H2,1-4H3;. The maximum absolute atomic E-state index is 13.6. The molecule has 1 radical (unpaired) electrons. The molecule has 0 saturated carbocycles. The normalized spacial score (nSPS) is 10.9. The summed E-state index contributed by atoms with van der Waals surface area (Å²) in [5, 5.41) is 1.13. The number of halogens is 1. The maximum atomic E-state index is 13.6. The second-order valence-corrected chi connectivity index (χ2v) is 11.4. The summed E-state index contributed by atoms with van der Waals surface area (Å²) in [7, 11) is 1.31. The van der Waals surface area contributed by atoms with E-state index in [4.69, 9.17) is 30.5 Å². The molecule has 0 saturated heterocycles. The van der Waals surface area contributed by atoms with Crippen molar-refractivity contribution in [2.75, 3.05) is 26.9 Å². The van der Waals surface area contributed by atoms with Crippen molar-refractivity contribution >= 4 is 49.9 Å². The van der Waals surface area contributed by atoms with Gasteiger partial charge in [-0.2, -0.15) is 0 Å². The topological polar surface area (TPSA) is 54.0 Å². The molecular formula is C32H48ClLiO5P. The monoisotopic (exact) mass is 585 g/mol. The zero-order valence-electron chi connectivity index (χ0n) is 25.4. The minimum Gasteiger partial charge on any atom is -0.496 e. The molecule has 0 heterocycles. The average Bonchev–Trinajstić information content (AvgIpc) is 2.93. The Morgan fingerprint density at radius 2 is 1.23 bits per heavy atom. The molecule has 0 amide bonds. The van der Waals surface area contributed by atoms with Crippen molar-refractivity contribution in [1.29, 1.82) is 0 Å². The van der Waals surface area contributed by atoms with Gasteiger partial charge in [0.1, 0.15) is 23.0 Å². The molecule has 219 valence electrons. The summed E-state index contributed by atoms with van der Waals surface area (Å²) in [5.41, 5.74) is 0.274. The van der Waals surface area contributed by atoms with Crippen molar-refractivity contribution in [3.8, 4) is 23.0 Å². The Morgan fingerprint density at radius 3 is 1.70 bits per heavy atom. The summed E-state index contributed by atoms with van der Waals surface area (Å²) in [6.45, 7) is 8.39. The van der Waals surface area contributed by atoms with Crippen molar-refractivity contribution in [1.82, 2.24) is 0 Å². The number of rotatable bonds is 22. The molecule has 8 heteroatoms. The number of carbonyl (C=O) groups is 1. The first-order chi connectivity index (χ1) is 19.0. The summed E-state index contributed by atoms with van der Waals surface area (Å²) in [6.07, 6.45) is 13.4. The Kier molecular flexibility index (Phi) is 20.4. The van der Waals surface area contributed by atoms with Crippen LogP contribution in [0.2, 0.25) is 5.02 Å². The third-order valence-corrected chi connectivity index (χ3v) is 8.01. The number of benzene rings is 2. The van der Waals surface area contributed by atoms with Gasteiger partial charge in [-0.1, -0.05) is 96.2 Å². The molecule has 2 rings (SSSR count). The van der Waals surface area contributed by atoms with E-state index in [9.17, 15) is 4.79 Å². The van der Waals surface area contributed by atoms with E-state index in [-0.39, 0.29) is 33.0 Å². The third-order valence-electron chi connectivity index (χ3n) is 6.48. The van der Waals surface area contributed by atoms with Crippen LogP contribution in [0.3, 0.4) is 0 Å². The van der Waals surface area contributed by atoms with Gasteiger partial charge >= 0.3 is 0 Å². The Labute approximate surface area is 261 Å². The van der Waals surface area contributed by atoms with Crippen molar-refractivity contribution < 1.29 is 23.7 Å². The molecule has 0 aliphatic carbocycles. The minimum atomic E-state index is -0.237. The van der Waals surface area contributed by atoms with Crippen molar-refractivity contribution in [3.63, 3.8) is 0 Å². The van der Waals surface area contributed by atoms with E-state index in [2.05, 4.69) is 20.8 Å². The van der Waals surface area contributed by atoms with Crippen molar-refractivity contribution in [2.45, 2.75) is 97.8 Å². The Morgan fingerprint density at radius 1 is 0.725 bits per heavy atom. The van der Waals surface area contributed by atoms with Crippen LogP contribution in [0.25, 0.3) is 0 Å². The first kappa shape index (κ1) is 36.7. The molecule has 1 atom stereocenters. The zero-order valence-corrected chi connectivity index (χ0v) is 27.2. The van der Waals surface area contributed by atoms with Crippen molar-refractivity contribution in [2.24, 2.45) is 0 Å². The minimum absolute atomic E-state index is 0. The molecule has 0 aliphatic heterocycles. The van der Waals surface area contributed by atoms with E-state index in [0.717, 1.165) is 62.4 Å². The molecule has 40 heavy (non-hydrogen) atoms. The van der Waals surface area contributed by atoms with Gasteiger partial charge in [0.05, 0.1) is 42.8 Å². The molecule has 0 aromatic heterocycles. The van der Waals surface area contributed by atoms with Gasteiger partial charge in [0.25, 0.3) is 0 Å². The fraction of sp³-hybridized carbons (Fsp3) is 0.594. The van der Waals surface area contributed by atoms with Crippen LogP contribution in [-0.4, -0.2) is 51.3 Å². The van der Waals surface area contributed by atoms with E-state index in [0.29, 0.717) is 47.7 Å². The van der Waals surface area contributed by atoms with Gasteiger partial charge in [-0.05, 0) is 40.0 Å². The Bertz CT molecular complexity index is 953. The number of carbonyl (C=O) groups excluding carboxylic acids is 1. The summed E-state index contributed by atoms with van der Waals surface area (Å²) in [5.74, 6) is 2.49. The smallest absolute Gasteiger partial charge is 0.191 e. The fourth-order valence-corrected chi connectivity index (χ4v) is 5.69. The number of methoxy groups -OCH3 is 1. The summed E-state index contributed by atoms with van der Waals surface area (Å²) < 4.78 is 24.2. The molecule has 0 fully saturated rings. The van der Waals surface area contributed by atoms with Crippen LogP contribution in [0.15, 0.2) is 30.3 Å². The largest absolute Gasteiger partial charge is 0.496 e. The van der Waals surface area contributed by atoms with E-state index < -0.39 is 0 Å². The van der Waals surface area contributed by atoms with Gasteiger partial charge in [-0.25, -0.2) is 0 Å². The number of hydrogen-bond donors (Lipinski definition) is 0. The van der Waals surface area contributed by atoms with Gasteiger partial charge in [-0.15, -0.1) is 0 Å². The van der Waals surface area contributed by atoms with E-state index in [1.165, 1.54) is 25.7 Å². The van der Waals surface area contributed by atoms with Gasteiger partial charge in [0.15, 0.2) is 5.52 Å².